The van der Waals surface area contributed by atoms with Gasteiger partial charge in [-0.1, -0.05) is 22.9 Å². The Morgan fingerprint density at radius 2 is 2.17 bits per heavy atom. The largest absolute Gasteiger partial charge is 0.394 e. The molecule has 1 aromatic heterocycles. The molecule has 1 unspecified atom stereocenters. The minimum absolute atomic E-state index is 0.0778. The van der Waals surface area contributed by atoms with Gasteiger partial charge in [0, 0.05) is 27.3 Å². The van der Waals surface area contributed by atoms with Gasteiger partial charge in [-0.25, -0.2) is 0 Å². The molecule has 2 rings (SSSR count). The molecular weight excluding hydrogens is 292 g/mol. The van der Waals surface area contributed by atoms with E-state index in [4.69, 9.17) is 0 Å². The van der Waals surface area contributed by atoms with E-state index in [0.717, 1.165) is 33.2 Å². The fourth-order valence-electron chi connectivity index (χ4n) is 1.95. The van der Waals surface area contributed by atoms with Crippen molar-refractivity contribution in [3.63, 3.8) is 0 Å². The van der Waals surface area contributed by atoms with E-state index >= 15 is 0 Å². The van der Waals surface area contributed by atoms with Crippen molar-refractivity contribution in [3.05, 3.63) is 34.4 Å². The fraction of sp³-hybridized carbons (Fsp3) is 0.357. The number of hydrogen-bond donors (Lipinski definition) is 2. The molecule has 0 aliphatic heterocycles. The van der Waals surface area contributed by atoms with Gasteiger partial charge in [-0.15, -0.1) is 0 Å². The van der Waals surface area contributed by atoms with Crippen molar-refractivity contribution < 1.29 is 5.11 Å². The lowest BCUT2D eigenvalue weighted by Crippen LogP contribution is -2.22. The molecule has 18 heavy (non-hydrogen) atoms. The molecule has 0 saturated carbocycles. The van der Waals surface area contributed by atoms with E-state index in [0.29, 0.717) is 0 Å². The predicted octanol–water partition coefficient (Wildman–Crippen LogP) is 3.49. The van der Waals surface area contributed by atoms with Crippen LogP contribution in [-0.4, -0.2) is 22.7 Å². The summed E-state index contributed by atoms with van der Waals surface area (Å²) >= 11 is 3.48. The van der Waals surface area contributed by atoms with E-state index < -0.39 is 0 Å². The van der Waals surface area contributed by atoms with E-state index in [1.54, 1.807) is 0 Å². The van der Waals surface area contributed by atoms with E-state index in [1.807, 2.05) is 31.2 Å². The smallest absolute Gasteiger partial charge is 0.0726 e. The Morgan fingerprint density at radius 3 is 2.83 bits per heavy atom. The van der Waals surface area contributed by atoms with Crippen LogP contribution in [0.3, 0.4) is 0 Å². The van der Waals surface area contributed by atoms with E-state index in [-0.39, 0.29) is 12.6 Å². The summed E-state index contributed by atoms with van der Waals surface area (Å²) in [6.45, 7) is 4.17. The topological polar surface area (TPSA) is 45.1 Å². The van der Waals surface area contributed by atoms with Gasteiger partial charge in [0.15, 0.2) is 0 Å². The van der Waals surface area contributed by atoms with Gasteiger partial charge in [0.2, 0.25) is 0 Å². The SMILES string of the molecule is CCC(CO)Nc1cc(C)nc2ccc(Br)cc12. The number of hydrogen-bond acceptors (Lipinski definition) is 3. The normalized spacial score (nSPS) is 12.7. The van der Waals surface area contributed by atoms with Crippen LogP contribution in [0.1, 0.15) is 19.0 Å². The van der Waals surface area contributed by atoms with Crippen molar-refractivity contribution in [1.29, 1.82) is 0 Å². The summed E-state index contributed by atoms with van der Waals surface area (Å²) in [5.41, 5.74) is 2.97. The number of aliphatic hydroxyl groups is 1. The summed E-state index contributed by atoms with van der Waals surface area (Å²) in [7, 11) is 0. The summed E-state index contributed by atoms with van der Waals surface area (Å²) in [6, 6.07) is 8.13. The quantitative estimate of drug-likeness (QED) is 0.909. The minimum Gasteiger partial charge on any atom is -0.394 e. The van der Waals surface area contributed by atoms with Gasteiger partial charge in [0.1, 0.15) is 0 Å². The number of aliphatic hydroxyl groups excluding tert-OH is 1. The molecular formula is C14H17BrN2O. The van der Waals surface area contributed by atoms with Gasteiger partial charge in [-0.3, -0.25) is 4.98 Å². The first-order valence-electron chi connectivity index (χ1n) is 6.08. The first-order chi connectivity index (χ1) is 8.63. The van der Waals surface area contributed by atoms with Crippen LogP contribution in [-0.2, 0) is 0 Å². The van der Waals surface area contributed by atoms with E-state index in [9.17, 15) is 5.11 Å². The Balaban J connectivity index is 2.50. The maximum Gasteiger partial charge on any atom is 0.0726 e. The average Bonchev–Trinajstić information content (AvgIpc) is 2.36. The van der Waals surface area contributed by atoms with Gasteiger partial charge in [-0.2, -0.15) is 0 Å². The van der Waals surface area contributed by atoms with Gasteiger partial charge in [-0.05, 0) is 37.6 Å². The van der Waals surface area contributed by atoms with E-state index in [2.05, 4.69) is 33.2 Å². The molecule has 0 bridgehead atoms. The summed E-state index contributed by atoms with van der Waals surface area (Å²) in [5, 5.41) is 13.7. The summed E-state index contributed by atoms with van der Waals surface area (Å²) in [4.78, 5) is 4.51. The predicted molar refractivity (Wildman–Crippen MR) is 79.0 cm³/mol. The highest BCUT2D eigenvalue weighted by Gasteiger charge is 2.09. The molecule has 0 amide bonds. The zero-order valence-corrected chi connectivity index (χ0v) is 12.2. The van der Waals surface area contributed by atoms with Crippen molar-refractivity contribution in [2.24, 2.45) is 0 Å². The Labute approximate surface area is 115 Å². The van der Waals surface area contributed by atoms with Crippen LogP contribution >= 0.6 is 15.9 Å². The Bertz CT molecular complexity index is 553. The highest BCUT2D eigenvalue weighted by Crippen LogP contribution is 2.27. The van der Waals surface area contributed by atoms with Crippen molar-refractivity contribution >= 4 is 32.5 Å². The van der Waals surface area contributed by atoms with Crippen molar-refractivity contribution in [2.45, 2.75) is 26.3 Å². The first kappa shape index (κ1) is 13.3. The molecule has 0 radical (unpaired) electrons. The third-order valence-electron chi connectivity index (χ3n) is 2.97. The van der Waals surface area contributed by atoms with Crippen molar-refractivity contribution in [3.8, 4) is 0 Å². The molecule has 1 aromatic carbocycles. The maximum atomic E-state index is 9.30. The molecule has 1 heterocycles. The van der Waals surface area contributed by atoms with Crippen LogP contribution in [0, 0.1) is 6.92 Å². The van der Waals surface area contributed by atoms with Gasteiger partial charge < -0.3 is 10.4 Å². The number of fused-ring (bicyclic) bond motifs is 1. The van der Waals surface area contributed by atoms with Crippen LogP contribution in [0.2, 0.25) is 0 Å². The molecule has 3 nitrogen and oxygen atoms in total. The highest BCUT2D eigenvalue weighted by molar-refractivity contribution is 9.10. The number of rotatable bonds is 4. The lowest BCUT2D eigenvalue weighted by atomic mass is 10.1. The highest BCUT2D eigenvalue weighted by atomic mass is 79.9. The van der Waals surface area contributed by atoms with Gasteiger partial charge >= 0.3 is 0 Å². The Morgan fingerprint density at radius 1 is 1.39 bits per heavy atom. The summed E-state index contributed by atoms with van der Waals surface area (Å²) < 4.78 is 1.03. The van der Waals surface area contributed by atoms with Crippen LogP contribution in [0.25, 0.3) is 10.9 Å². The zero-order valence-electron chi connectivity index (χ0n) is 10.6. The average molecular weight is 309 g/mol. The minimum atomic E-state index is 0.0778. The monoisotopic (exact) mass is 308 g/mol. The number of benzene rings is 1. The summed E-state index contributed by atoms with van der Waals surface area (Å²) in [5.74, 6) is 0. The molecule has 1 atom stereocenters. The molecule has 0 aliphatic rings. The van der Waals surface area contributed by atoms with Crippen LogP contribution < -0.4 is 5.32 Å². The third-order valence-corrected chi connectivity index (χ3v) is 3.46. The Kier molecular flexibility index (Phi) is 4.19. The Hall–Kier alpha value is -1.13. The molecule has 4 heteroatoms. The molecule has 2 N–H and O–H groups in total. The standard InChI is InChI=1S/C14H17BrN2O/c1-3-11(8-18)17-14-6-9(2)16-13-5-4-10(15)7-12(13)14/h4-7,11,18H,3,8H2,1-2H3,(H,16,17). The number of nitrogens with one attached hydrogen (secondary N) is 1. The van der Waals surface area contributed by atoms with Crippen LogP contribution in [0.15, 0.2) is 28.7 Å². The number of pyridine rings is 1. The molecule has 96 valence electrons. The van der Waals surface area contributed by atoms with Crippen molar-refractivity contribution in [1.82, 2.24) is 4.98 Å². The molecule has 2 aromatic rings. The third kappa shape index (κ3) is 2.82. The van der Waals surface area contributed by atoms with Crippen LogP contribution in [0.5, 0.6) is 0 Å². The lowest BCUT2D eigenvalue weighted by molar-refractivity contribution is 0.272. The van der Waals surface area contributed by atoms with E-state index in [1.165, 1.54) is 0 Å². The first-order valence-corrected chi connectivity index (χ1v) is 6.87. The fourth-order valence-corrected chi connectivity index (χ4v) is 2.31. The molecule has 0 saturated heterocycles. The maximum absolute atomic E-state index is 9.30. The number of aromatic nitrogens is 1. The second-order valence-corrected chi connectivity index (χ2v) is 5.32. The second kappa shape index (κ2) is 5.67. The van der Waals surface area contributed by atoms with Gasteiger partial charge in [0.25, 0.3) is 0 Å². The molecule has 0 aliphatic carbocycles. The number of halogens is 1. The van der Waals surface area contributed by atoms with Crippen LogP contribution in [0.4, 0.5) is 5.69 Å². The number of aryl methyl sites for hydroxylation is 1. The lowest BCUT2D eigenvalue weighted by Gasteiger charge is -2.17. The summed E-state index contributed by atoms with van der Waals surface area (Å²) in [6.07, 6.45) is 0.882. The second-order valence-electron chi connectivity index (χ2n) is 4.40. The number of nitrogens with zero attached hydrogens (tertiary/aromatic N) is 1. The van der Waals surface area contributed by atoms with Crippen molar-refractivity contribution in [2.75, 3.05) is 11.9 Å². The molecule has 0 spiro atoms. The van der Waals surface area contributed by atoms with Gasteiger partial charge in [0.05, 0.1) is 12.1 Å². The number of anilines is 1. The molecule has 0 fully saturated rings. The zero-order chi connectivity index (χ0) is 13.1.